The Morgan fingerprint density at radius 3 is 2.50 bits per heavy atom. The Balaban J connectivity index is 1.82. The first-order valence-corrected chi connectivity index (χ1v) is 9.15. The molecule has 5 nitrogen and oxygen atoms in total. The third-order valence-electron chi connectivity index (χ3n) is 4.15. The van der Waals surface area contributed by atoms with Crippen molar-refractivity contribution in [2.75, 3.05) is 7.11 Å². The van der Waals surface area contributed by atoms with Crippen molar-refractivity contribution in [3.63, 3.8) is 0 Å². The smallest absolute Gasteiger partial charge is 0.272 e. The average Bonchev–Trinajstić information content (AvgIpc) is 2.68. The third kappa shape index (κ3) is 4.39. The number of benzene rings is 2. The van der Waals surface area contributed by atoms with Crippen molar-refractivity contribution < 1.29 is 18.3 Å². The van der Waals surface area contributed by atoms with Crippen LogP contribution in [0.15, 0.2) is 51.7 Å². The summed E-state index contributed by atoms with van der Waals surface area (Å²) in [5, 5.41) is 0. The van der Waals surface area contributed by atoms with Crippen molar-refractivity contribution in [3.8, 4) is 11.6 Å². The summed E-state index contributed by atoms with van der Waals surface area (Å²) in [6, 6.07) is 10.6. The Morgan fingerprint density at radius 2 is 1.86 bits per heavy atom. The normalized spacial score (nSPS) is 10.8. The minimum atomic E-state index is -0.722. The van der Waals surface area contributed by atoms with Gasteiger partial charge in [0.2, 0.25) is 5.88 Å². The van der Waals surface area contributed by atoms with E-state index in [9.17, 15) is 13.6 Å². The molecule has 0 unspecified atom stereocenters. The molecule has 0 aliphatic rings. The van der Waals surface area contributed by atoms with Gasteiger partial charge in [0.25, 0.3) is 5.56 Å². The van der Waals surface area contributed by atoms with Gasteiger partial charge in [-0.3, -0.25) is 9.36 Å². The summed E-state index contributed by atoms with van der Waals surface area (Å²) >= 11 is 3.21. The van der Waals surface area contributed by atoms with Crippen molar-refractivity contribution in [1.29, 1.82) is 0 Å². The molecule has 0 fully saturated rings. The highest BCUT2D eigenvalue weighted by Gasteiger charge is 2.15. The maximum Gasteiger partial charge on any atom is 0.272 e. The molecule has 0 atom stereocenters. The molecule has 0 radical (unpaired) electrons. The van der Waals surface area contributed by atoms with Crippen LogP contribution in [0.3, 0.4) is 0 Å². The molecular formula is C20H17BrF2N2O3. The second-order valence-electron chi connectivity index (χ2n) is 6.04. The van der Waals surface area contributed by atoms with Crippen LogP contribution >= 0.6 is 15.9 Å². The molecule has 8 heteroatoms. The highest BCUT2D eigenvalue weighted by atomic mass is 79.9. The summed E-state index contributed by atoms with van der Waals surface area (Å²) in [5.74, 6) is -0.169. The van der Waals surface area contributed by atoms with Crippen molar-refractivity contribution in [2.24, 2.45) is 0 Å². The van der Waals surface area contributed by atoms with Crippen molar-refractivity contribution in [3.05, 3.63) is 85.9 Å². The molecule has 146 valence electrons. The van der Waals surface area contributed by atoms with Gasteiger partial charge in [0.05, 0.1) is 13.7 Å². The first kappa shape index (κ1) is 20.0. The molecule has 0 saturated heterocycles. The Morgan fingerprint density at radius 1 is 1.14 bits per heavy atom. The molecular weight excluding hydrogens is 434 g/mol. The Labute approximate surface area is 168 Å². The predicted octanol–water partition coefficient (Wildman–Crippen LogP) is 4.23. The lowest BCUT2D eigenvalue weighted by Crippen LogP contribution is -2.25. The molecule has 2 aromatic carbocycles. The molecule has 0 aliphatic heterocycles. The van der Waals surface area contributed by atoms with Crippen molar-refractivity contribution in [2.45, 2.75) is 20.1 Å². The predicted molar refractivity (Wildman–Crippen MR) is 104 cm³/mol. The van der Waals surface area contributed by atoms with E-state index in [0.29, 0.717) is 12.4 Å². The first-order chi connectivity index (χ1) is 13.4. The number of aromatic nitrogens is 2. The van der Waals surface area contributed by atoms with Crippen LogP contribution in [-0.2, 0) is 13.2 Å². The molecule has 0 aliphatic carbocycles. The first-order valence-electron chi connectivity index (χ1n) is 8.35. The summed E-state index contributed by atoms with van der Waals surface area (Å²) in [5.41, 5.74) is 0.745. The van der Waals surface area contributed by atoms with Gasteiger partial charge in [0, 0.05) is 11.6 Å². The van der Waals surface area contributed by atoms with Gasteiger partial charge in [-0.1, -0.05) is 12.1 Å². The maximum atomic E-state index is 13.7. The van der Waals surface area contributed by atoms with E-state index in [-0.39, 0.29) is 28.1 Å². The second kappa shape index (κ2) is 8.52. The standard InChI is InChI=1S/C20H17BrF2N2O3/c1-12-24-19(28-11-14-5-6-15(22)9-17(14)23)18(21)20(26)25(12)10-13-3-7-16(27-2)8-4-13/h3-9H,10-11H2,1-2H3. The zero-order valence-electron chi connectivity index (χ0n) is 15.2. The van der Waals surface area contributed by atoms with Crippen LogP contribution in [0, 0.1) is 18.6 Å². The summed E-state index contributed by atoms with van der Waals surface area (Å²) in [4.78, 5) is 17.0. The number of hydrogen-bond acceptors (Lipinski definition) is 4. The molecule has 1 heterocycles. The summed E-state index contributed by atoms with van der Waals surface area (Å²) in [6.07, 6.45) is 0. The van der Waals surface area contributed by atoms with Gasteiger partial charge >= 0.3 is 0 Å². The summed E-state index contributed by atoms with van der Waals surface area (Å²) in [6.45, 7) is 1.83. The number of halogens is 3. The molecule has 0 N–H and O–H groups in total. The molecule has 1 aromatic heterocycles. The fourth-order valence-electron chi connectivity index (χ4n) is 2.59. The van der Waals surface area contributed by atoms with E-state index in [1.165, 1.54) is 10.6 Å². The van der Waals surface area contributed by atoms with Gasteiger partial charge in [0.15, 0.2) is 0 Å². The fraction of sp³-hybridized carbons (Fsp3) is 0.200. The molecule has 0 spiro atoms. The van der Waals surface area contributed by atoms with E-state index in [1.807, 2.05) is 24.3 Å². The lowest BCUT2D eigenvalue weighted by Gasteiger charge is -2.14. The molecule has 3 aromatic rings. The number of ether oxygens (including phenoxy) is 2. The largest absolute Gasteiger partial charge is 0.497 e. The molecule has 0 amide bonds. The van der Waals surface area contributed by atoms with Crippen LogP contribution < -0.4 is 15.0 Å². The average molecular weight is 451 g/mol. The zero-order chi connectivity index (χ0) is 20.3. The Kier molecular flexibility index (Phi) is 6.08. The van der Waals surface area contributed by atoms with Crippen LogP contribution in [0.5, 0.6) is 11.6 Å². The minimum absolute atomic E-state index is 0.0530. The highest BCUT2D eigenvalue weighted by molar-refractivity contribution is 9.10. The molecule has 0 saturated carbocycles. The van der Waals surface area contributed by atoms with E-state index >= 15 is 0 Å². The number of rotatable bonds is 6. The number of methoxy groups -OCH3 is 1. The number of hydrogen-bond donors (Lipinski definition) is 0. The molecule has 3 rings (SSSR count). The lowest BCUT2D eigenvalue weighted by atomic mass is 10.2. The van der Waals surface area contributed by atoms with E-state index in [1.54, 1.807) is 14.0 Å². The van der Waals surface area contributed by atoms with Gasteiger partial charge in [-0.2, -0.15) is 4.98 Å². The van der Waals surface area contributed by atoms with Crippen LogP contribution in [-0.4, -0.2) is 16.7 Å². The molecule has 0 bridgehead atoms. The van der Waals surface area contributed by atoms with Crippen LogP contribution in [0.4, 0.5) is 8.78 Å². The maximum absolute atomic E-state index is 13.7. The molecule has 28 heavy (non-hydrogen) atoms. The van der Waals surface area contributed by atoms with Gasteiger partial charge < -0.3 is 9.47 Å². The number of aryl methyl sites for hydroxylation is 1. The SMILES string of the molecule is COc1ccc(Cn2c(C)nc(OCc3ccc(F)cc3F)c(Br)c2=O)cc1. The Hall–Kier alpha value is -2.74. The Bertz CT molecular complexity index is 1050. The van der Waals surface area contributed by atoms with Crippen LogP contribution in [0.25, 0.3) is 0 Å². The minimum Gasteiger partial charge on any atom is -0.497 e. The summed E-state index contributed by atoms with van der Waals surface area (Å²) in [7, 11) is 1.58. The van der Waals surface area contributed by atoms with Crippen LogP contribution in [0.1, 0.15) is 17.0 Å². The van der Waals surface area contributed by atoms with Crippen LogP contribution in [0.2, 0.25) is 0 Å². The van der Waals surface area contributed by atoms with E-state index in [4.69, 9.17) is 9.47 Å². The second-order valence-corrected chi connectivity index (χ2v) is 6.83. The fourth-order valence-corrected chi connectivity index (χ4v) is 3.01. The highest BCUT2D eigenvalue weighted by Crippen LogP contribution is 2.21. The van der Waals surface area contributed by atoms with E-state index in [0.717, 1.165) is 23.4 Å². The topological polar surface area (TPSA) is 53.4 Å². The monoisotopic (exact) mass is 450 g/mol. The van der Waals surface area contributed by atoms with Gasteiger partial charge in [0.1, 0.15) is 34.3 Å². The van der Waals surface area contributed by atoms with Crippen molar-refractivity contribution in [1.82, 2.24) is 9.55 Å². The van der Waals surface area contributed by atoms with Gasteiger partial charge in [-0.05, 0) is 52.7 Å². The zero-order valence-corrected chi connectivity index (χ0v) is 16.8. The van der Waals surface area contributed by atoms with Gasteiger partial charge in [-0.25, -0.2) is 8.78 Å². The van der Waals surface area contributed by atoms with Crippen molar-refractivity contribution >= 4 is 15.9 Å². The number of nitrogens with zero attached hydrogens (tertiary/aromatic N) is 2. The third-order valence-corrected chi connectivity index (χ3v) is 4.83. The van der Waals surface area contributed by atoms with E-state index in [2.05, 4.69) is 20.9 Å². The summed E-state index contributed by atoms with van der Waals surface area (Å²) < 4.78 is 39.0. The quantitative estimate of drug-likeness (QED) is 0.563. The van der Waals surface area contributed by atoms with Gasteiger partial charge in [-0.15, -0.1) is 0 Å². The lowest BCUT2D eigenvalue weighted by molar-refractivity contribution is 0.282. The van der Waals surface area contributed by atoms with E-state index < -0.39 is 11.6 Å².